The second-order valence-corrected chi connectivity index (χ2v) is 5.20. The number of aromatic nitrogens is 2. The third kappa shape index (κ3) is 3.91. The predicted molar refractivity (Wildman–Crippen MR) is 92.4 cm³/mol. The highest BCUT2D eigenvalue weighted by Gasteiger charge is 2.05. The molecule has 2 rings (SSSR count). The summed E-state index contributed by atoms with van der Waals surface area (Å²) < 4.78 is 0. The quantitative estimate of drug-likeness (QED) is 0.647. The van der Waals surface area contributed by atoms with E-state index in [4.69, 9.17) is 0 Å². The molecule has 1 aromatic carbocycles. The Balaban J connectivity index is 2.23. The molecule has 1 aromatic heterocycles. The van der Waals surface area contributed by atoms with Gasteiger partial charge in [0.15, 0.2) is 0 Å². The van der Waals surface area contributed by atoms with Crippen molar-refractivity contribution in [1.29, 1.82) is 0 Å². The van der Waals surface area contributed by atoms with Gasteiger partial charge in [-0.2, -0.15) is 5.10 Å². The summed E-state index contributed by atoms with van der Waals surface area (Å²) in [5.74, 6) is 0.574. The van der Waals surface area contributed by atoms with Crippen LogP contribution in [0, 0.1) is 0 Å². The van der Waals surface area contributed by atoms with Crippen molar-refractivity contribution in [2.24, 2.45) is 5.10 Å². The van der Waals surface area contributed by atoms with Gasteiger partial charge in [0.05, 0.1) is 5.71 Å². The number of nitrogens with one attached hydrogen (secondary N) is 1. The number of aryl methyl sites for hydroxylation is 3. The van der Waals surface area contributed by atoms with Gasteiger partial charge in [0, 0.05) is 17.0 Å². The Bertz CT molecular complexity index is 640. The average Bonchev–Trinajstić information content (AvgIpc) is 2.59. The lowest BCUT2D eigenvalue weighted by Crippen LogP contribution is -2.07. The smallest absolute Gasteiger partial charge is 0.243 e. The Morgan fingerprint density at radius 3 is 2.23 bits per heavy atom. The second-order valence-electron chi connectivity index (χ2n) is 5.20. The first kappa shape index (κ1) is 16.1. The largest absolute Gasteiger partial charge is 0.245 e. The lowest BCUT2D eigenvalue weighted by molar-refractivity contribution is 0.932. The van der Waals surface area contributed by atoms with Gasteiger partial charge in [-0.05, 0) is 37.8 Å². The van der Waals surface area contributed by atoms with E-state index in [-0.39, 0.29) is 0 Å². The van der Waals surface area contributed by atoms with Gasteiger partial charge in [0.2, 0.25) is 5.95 Å². The molecule has 22 heavy (non-hydrogen) atoms. The molecular weight excluding hydrogens is 272 g/mol. The number of hydrogen-bond acceptors (Lipinski definition) is 4. The van der Waals surface area contributed by atoms with E-state index in [9.17, 15) is 0 Å². The fourth-order valence-corrected chi connectivity index (χ4v) is 2.34. The summed E-state index contributed by atoms with van der Waals surface area (Å²) in [6.45, 7) is 8.35. The molecule has 0 radical (unpaired) electrons. The van der Waals surface area contributed by atoms with Crippen molar-refractivity contribution in [2.75, 3.05) is 5.43 Å². The van der Waals surface area contributed by atoms with Gasteiger partial charge in [-0.15, -0.1) is 0 Å². The van der Waals surface area contributed by atoms with E-state index >= 15 is 0 Å². The highest BCUT2D eigenvalue weighted by molar-refractivity contribution is 6.00. The Kier molecular flexibility index (Phi) is 5.64. The molecule has 0 unspecified atom stereocenters. The normalized spacial score (nSPS) is 11.5. The van der Waals surface area contributed by atoms with E-state index in [1.54, 1.807) is 0 Å². The Morgan fingerprint density at radius 2 is 1.64 bits per heavy atom. The zero-order valence-electron chi connectivity index (χ0n) is 13.8. The lowest BCUT2D eigenvalue weighted by Gasteiger charge is -2.08. The molecule has 0 aliphatic carbocycles. The van der Waals surface area contributed by atoms with Crippen LogP contribution in [0.15, 0.2) is 35.4 Å². The standard InChI is InChI=1S/C18H24N4/c1-5-14-10-8-9-11-17(14)13(4)21-22-18-19-15(6-2)12-16(7-3)20-18/h8-12H,5-7H2,1-4H3,(H,19,20,22). The zero-order valence-corrected chi connectivity index (χ0v) is 13.8. The Hall–Kier alpha value is -2.23. The number of hydrogen-bond donors (Lipinski definition) is 1. The maximum atomic E-state index is 4.48. The predicted octanol–water partition coefficient (Wildman–Crippen LogP) is 4.00. The second kappa shape index (κ2) is 7.69. The monoisotopic (exact) mass is 296 g/mol. The van der Waals surface area contributed by atoms with E-state index in [1.807, 2.05) is 19.1 Å². The van der Waals surface area contributed by atoms with Gasteiger partial charge in [0.1, 0.15) is 0 Å². The number of anilines is 1. The minimum absolute atomic E-state index is 0.574. The molecule has 1 heterocycles. The van der Waals surface area contributed by atoms with Gasteiger partial charge < -0.3 is 0 Å². The number of nitrogens with zero attached hydrogens (tertiary/aromatic N) is 3. The summed E-state index contributed by atoms with van der Waals surface area (Å²) in [4.78, 5) is 8.96. The van der Waals surface area contributed by atoms with E-state index < -0.39 is 0 Å². The molecule has 4 heteroatoms. The molecule has 0 aliphatic rings. The molecule has 1 N–H and O–H groups in total. The summed E-state index contributed by atoms with van der Waals surface area (Å²) in [6, 6.07) is 10.4. The maximum Gasteiger partial charge on any atom is 0.243 e. The number of benzene rings is 1. The molecule has 0 bridgehead atoms. The SMILES string of the molecule is CCc1cc(CC)nc(NN=C(C)c2ccccc2CC)n1. The van der Waals surface area contributed by atoms with Crippen LogP contribution in [-0.4, -0.2) is 15.7 Å². The van der Waals surface area contributed by atoms with Gasteiger partial charge in [-0.3, -0.25) is 0 Å². The van der Waals surface area contributed by atoms with Crippen LogP contribution in [0.1, 0.15) is 50.2 Å². The molecule has 2 aromatic rings. The fourth-order valence-electron chi connectivity index (χ4n) is 2.34. The third-order valence-corrected chi connectivity index (χ3v) is 3.67. The van der Waals surface area contributed by atoms with Crippen LogP contribution in [0.5, 0.6) is 0 Å². The molecule has 0 fully saturated rings. The van der Waals surface area contributed by atoms with Gasteiger partial charge in [-0.25, -0.2) is 15.4 Å². The van der Waals surface area contributed by atoms with E-state index in [2.05, 4.69) is 59.5 Å². The maximum absolute atomic E-state index is 4.48. The first-order valence-electron chi connectivity index (χ1n) is 7.93. The van der Waals surface area contributed by atoms with Gasteiger partial charge in [0.25, 0.3) is 0 Å². The van der Waals surface area contributed by atoms with Crippen LogP contribution in [-0.2, 0) is 19.3 Å². The molecule has 0 aliphatic heterocycles. The number of rotatable bonds is 6. The van der Waals surface area contributed by atoms with E-state index in [0.717, 1.165) is 36.4 Å². The van der Waals surface area contributed by atoms with Crippen molar-refractivity contribution in [1.82, 2.24) is 9.97 Å². The van der Waals surface area contributed by atoms with Crippen molar-refractivity contribution in [2.45, 2.75) is 47.0 Å². The van der Waals surface area contributed by atoms with Crippen molar-refractivity contribution < 1.29 is 0 Å². The molecular formula is C18H24N4. The third-order valence-electron chi connectivity index (χ3n) is 3.67. The van der Waals surface area contributed by atoms with Crippen LogP contribution < -0.4 is 5.43 Å². The minimum atomic E-state index is 0.574. The molecule has 116 valence electrons. The lowest BCUT2D eigenvalue weighted by atomic mass is 10.0. The molecule has 0 amide bonds. The van der Waals surface area contributed by atoms with Crippen molar-refractivity contribution in [3.8, 4) is 0 Å². The van der Waals surface area contributed by atoms with Crippen molar-refractivity contribution >= 4 is 11.7 Å². The highest BCUT2D eigenvalue weighted by atomic mass is 15.4. The molecule has 0 saturated heterocycles. The van der Waals surface area contributed by atoms with Crippen molar-refractivity contribution in [3.05, 3.63) is 52.8 Å². The summed E-state index contributed by atoms with van der Waals surface area (Å²) in [5.41, 5.74) is 8.49. The summed E-state index contributed by atoms with van der Waals surface area (Å²) in [5, 5.41) is 4.47. The Morgan fingerprint density at radius 1 is 1.00 bits per heavy atom. The van der Waals surface area contributed by atoms with E-state index in [0.29, 0.717) is 5.95 Å². The van der Waals surface area contributed by atoms with Crippen molar-refractivity contribution in [3.63, 3.8) is 0 Å². The Labute approximate surface area is 132 Å². The van der Waals surface area contributed by atoms with Gasteiger partial charge in [-0.1, -0.05) is 45.0 Å². The zero-order chi connectivity index (χ0) is 15.9. The van der Waals surface area contributed by atoms with Crippen LogP contribution in [0.3, 0.4) is 0 Å². The number of hydrazone groups is 1. The molecule has 4 nitrogen and oxygen atoms in total. The highest BCUT2D eigenvalue weighted by Crippen LogP contribution is 2.12. The first-order valence-corrected chi connectivity index (χ1v) is 7.93. The van der Waals surface area contributed by atoms with Crippen LogP contribution >= 0.6 is 0 Å². The summed E-state index contributed by atoms with van der Waals surface area (Å²) >= 11 is 0. The molecule has 0 saturated carbocycles. The van der Waals surface area contributed by atoms with Crippen LogP contribution in [0.25, 0.3) is 0 Å². The van der Waals surface area contributed by atoms with Gasteiger partial charge >= 0.3 is 0 Å². The molecule has 0 spiro atoms. The summed E-state index contributed by atoms with van der Waals surface area (Å²) in [6.07, 6.45) is 2.78. The minimum Gasteiger partial charge on any atom is -0.245 e. The molecule has 0 atom stereocenters. The fraction of sp³-hybridized carbons (Fsp3) is 0.389. The van der Waals surface area contributed by atoms with Crippen LogP contribution in [0.4, 0.5) is 5.95 Å². The topological polar surface area (TPSA) is 50.2 Å². The first-order chi connectivity index (χ1) is 10.7. The van der Waals surface area contributed by atoms with E-state index in [1.165, 1.54) is 11.1 Å². The average molecular weight is 296 g/mol. The van der Waals surface area contributed by atoms with Crippen LogP contribution in [0.2, 0.25) is 0 Å². The summed E-state index contributed by atoms with van der Waals surface area (Å²) in [7, 11) is 0.